The maximum Gasteiger partial charge on any atom is 0.277 e. The van der Waals surface area contributed by atoms with Crippen LogP contribution in [0.4, 0.5) is 5.69 Å². The van der Waals surface area contributed by atoms with Crippen molar-refractivity contribution in [1.29, 1.82) is 0 Å². The van der Waals surface area contributed by atoms with Crippen molar-refractivity contribution in [2.75, 3.05) is 10.7 Å². The van der Waals surface area contributed by atoms with Gasteiger partial charge in [-0.25, -0.2) is 0 Å². The Kier molecular flexibility index (Phi) is 4.70. The highest BCUT2D eigenvalue weighted by molar-refractivity contribution is 7.99. The molecular formula is C19H16ClN3O2S. The summed E-state index contributed by atoms with van der Waals surface area (Å²) in [6, 6.07) is 15.4. The van der Waals surface area contributed by atoms with Crippen LogP contribution in [-0.2, 0) is 11.2 Å². The summed E-state index contributed by atoms with van der Waals surface area (Å²) in [6.07, 6.45) is 0.881. The van der Waals surface area contributed by atoms with Crippen molar-refractivity contribution in [3.63, 3.8) is 0 Å². The third-order valence-corrected chi connectivity index (χ3v) is 5.31. The van der Waals surface area contributed by atoms with Gasteiger partial charge in [0.25, 0.3) is 5.22 Å². The van der Waals surface area contributed by atoms with Crippen LogP contribution >= 0.6 is 23.4 Å². The van der Waals surface area contributed by atoms with Gasteiger partial charge in [-0.05, 0) is 43.2 Å². The number of hydrogen-bond donors (Lipinski definition) is 0. The van der Waals surface area contributed by atoms with Gasteiger partial charge in [-0.3, -0.25) is 4.79 Å². The Balaban J connectivity index is 1.44. The normalized spacial score (nSPS) is 15.9. The second-order valence-electron chi connectivity index (χ2n) is 6.12. The topological polar surface area (TPSA) is 59.2 Å². The average molecular weight is 386 g/mol. The number of hydrogen-bond acceptors (Lipinski definition) is 5. The summed E-state index contributed by atoms with van der Waals surface area (Å²) in [7, 11) is 0. The minimum Gasteiger partial charge on any atom is -0.411 e. The minimum atomic E-state index is 0.0370. The molecule has 0 radical (unpaired) electrons. The average Bonchev–Trinajstić information content (AvgIpc) is 3.23. The van der Waals surface area contributed by atoms with Crippen LogP contribution in [0.25, 0.3) is 11.5 Å². The first kappa shape index (κ1) is 17.1. The molecule has 7 heteroatoms. The monoisotopic (exact) mass is 385 g/mol. The number of benzene rings is 2. The zero-order valence-electron chi connectivity index (χ0n) is 14.1. The molecule has 1 unspecified atom stereocenters. The fourth-order valence-corrected chi connectivity index (χ4v) is 3.96. The Morgan fingerprint density at radius 1 is 1.27 bits per heavy atom. The largest absolute Gasteiger partial charge is 0.411 e. The van der Waals surface area contributed by atoms with Crippen LogP contribution in [0.5, 0.6) is 0 Å². The van der Waals surface area contributed by atoms with Gasteiger partial charge in [-0.1, -0.05) is 47.6 Å². The molecule has 2 heterocycles. The SMILES string of the molecule is CC1Cc2ccccc2N1C(=O)CSc1nnc(-c2cccc(Cl)c2)o1. The molecule has 0 saturated heterocycles. The van der Waals surface area contributed by atoms with Crippen LogP contribution in [0.1, 0.15) is 12.5 Å². The molecule has 0 spiro atoms. The quantitative estimate of drug-likeness (QED) is 0.620. The number of anilines is 1. The maximum atomic E-state index is 12.7. The molecule has 0 saturated carbocycles. The highest BCUT2D eigenvalue weighted by atomic mass is 35.5. The summed E-state index contributed by atoms with van der Waals surface area (Å²) in [4.78, 5) is 14.6. The van der Waals surface area contributed by atoms with Gasteiger partial charge in [-0.2, -0.15) is 0 Å². The fraction of sp³-hybridized carbons (Fsp3) is 0.211. The van der Waals surface area contributed by atoms with Gasteiger partial charge >= 0.3 is 0 Å². The molecule has 1 atom stereocenters. The number of fused-ring (bicyclic) bond motifs is 1. The van der Waals surface area contributed by atoms with Gasteiger partial charge in [0.15, 0.2) is 0 Å². The van der Waals surface area contributed by atoms with Gasteiger partial charge in [-0.15, -0.1) is 10.2 Å². The van der Waals surface area contributed by atoms with E-state index in [1.807, 2.05) is 35.2 Å². The maximum absolute atomic E-state index is 12.7. The molecular weight excluding hydrogens is 370 g/mol. The van der Waals surface area contributed by atoms with Gasteiger partial charge in [0.1, 0.15) is 0 Å². The van der Waals surface area contributed by atoms with E-state index in [0.717, 1.165) is 17.7 Å². The van der Waals surface area contributed by atoms with Gasteiger partial charge < -0.3 is 9.32 Å². The molecule has 0 bridgehead atoms. The van der Waals surface area contributed by atoms with E-state index in [9.17, 15) is 4.79 Å². The van der Waals surface area contributed by atoms with E-state index in [0.29, 0.717) is 16.1 Å². The van der Waals surface area contributed by atoms with Crippen LogP contribution < -0.4 is 4.90 Å². The molecule has 1 aromatic heterocycles. The van der Waals surface area contributed by atoms with E-state index in [1.165, 1.54) is 17.3 Å². The number of carbonyl (C=O) groups is 1. The Hall–Kier alpha value is -2.31. The fourth-order valence-electron chi connectivity index (χ4n) is 3.14. The van der Waals surface area contributed by atoms with Crippen molar-refractivity contribution in [2.45, 2.75) is 24.6 Å². The molecule has 4 rings (SSSR count). The zero-order valence-corrected chi connectivity index (χ0v) is 15.6. The Morgan fingerprint density at radius 2 is 2.12 bits per heavy atom. The lowest BCUT2D eigenvalue weighted by Gasteiger charge is -2.22. The number of carbonyl (C=O) groups excluding carboxylic acids is 1. The summed E-state index contributed by atoms with van der Waals surface area (Å²) in [5, 5.41) is 9.02. The van der Waals surface area contributed by atoms with Crippen molar-refractivity contribution >= 4 is 35.0 Å². The summed E-state index contributed by atoms with van der Waals surface area (Å²) in [6.45, 7) is 2.06. The van der Waals surface area contributed by atoms with E-state index < -0.39 is 0 Å². The number of thioether (sulfide) groups is 1. The smallest absolute Gasteiger partial charge is 0.277 e. The highest BCUT2D eigenvalue weighted by Crippen LogP contribution is 2.33. The van der Waals surface area contributed by atoms with E-state index >= 15 is 0 Å². The van der Waals surface area contributed by atoms with Gasteiger partial charge in [0, 0.05) is 22.3 Å². The van der Waals surface area contributed by atoms with Gasteiger partial charge in [0.2, 0.25) is 11.8 Å². The molecule has 3 aromatic rings. The predicted octanol–water partition coefficient (Wildman–Crippen LogP) is 4.46. The van der Waals surface area contributed by atoms with Crippen molar-refractivity contribution < 1.29 is 9.21 Å². The van der Waals surface area contributed by atoms with E-state index in [1.54, 1.807) is 12.1 Å². The molecule has 5 nitrogen and oxygen atoms in total. The van der Waals surface area contributed by atoms with Gasteiger partial charge in [0.05, 0.1) is 5.75 Å². The van der Waals surface area contributed by atoms with E-state index in [4.69, 9.17) is 16.0 Å². The lowest BCUT2D eigenvalue weighted by Crippen LogP contribution is -2.36. The van der Waals surface area contributed by atoms with Crippen molar-refractivity contribution in [2.24, 2.45) is 0 Å². The Labute approximate surface area is 160 Å². The minimum absolute atomic E-state index is 0.0370. The number of aromatic nitrogens is 2. The third kappa shape index (κ3) is 3.34. The van der Waals surface area contributed by atoms with Crippen LogP contribution in [0.3, 0.4) is 0 Å². The first-order valence-corrected chi connectivity index (χ1v) is 9.60. The van der Waals surface area contributed by atoms with Crippen LogP contribution in [0.15, 0.2) is 58.2 Å². The van der Waals surface area contributed by atoms with Crippen LogP contribution in [0, 0.1) is 0 Å². The van der Waals surface area contributed by atoms with Crippen LogP contribution in [0.2, 0.25) is 5.02 Å². The number of halogens is 1. The lowest BCUT2D eigenvalue weighted by molar-refractivity contribution is -0.116. The number of para-hydroxylation sites is 1. The summed E-state index contributed by atoms with van der Waals surface area (Å²) < 4.78 is 5.65. The van der Waals surface area contributed by atoms with Crippen molar-refractivity contribution in [1.82, 2.24) is 10.2 Å². The molecule has 2 aromatic carbocycles. The number of amides is 1. The van der Waals surface area contributed by atoms with Crippen LogP contribution in [-0.4, -0.2) is 27.9 Å². The Bertz CT molecular complexity index is 959. The van der Waals surface area contributed by atoms with E-state index in [2.05, 4.69) is 23.2 Å². The second kappa shape index (κ2) is 7.13. The lowest BCUT2D eigenvalue weighted by atomic mass is 10.1. The number of rotatable bonds is 4. The van der Waals surface area contributed by atoms with Crippen molar-refractivity contribution in [3.8, 4) is 11.5 Å². The second-order valence-corrected chi connectivity index (χ2v) is 7.48. The molecule has 0 N–H and O–H groups in total. The molecule has 1 aliphatic heterocycles. The molecule has 0 aliphatic carbocycles. The molecule has 1 amide bonds. The number of nitrogens with zero attached hydrogens (tertiary/aromatic N) is 3. The first-order chi connectivity index (χ1) is 12.6. The predicted molar refractivity (Wildman–Crippen MR) is 103 cm³/mol. The highest BCUT2D eigenvalue weighted by Gasteiger charge is 2.30. The summed E-state index contributed by atoms with van der Waals surface area (Å²) >= 11 is 7.23. The molecule has 132 valence electrons. The molecule has 1 aliphatic rings. The van der Waals surface area contributed by atoms with Crippen molar-refractivity contribution in [3.05, 3.63) is 59.1 Å². The first-order valence-electron chi connectivity index (χ1n) is 8.24. The molecule has 26 heavy (non-hydrogen) atoms. The zero-order chi connectivity index (χ0) is 18.1. The third-order valence-electron chi connectivity index (χ3n) is 4.27. The Morgan fingerprint density at radius 3 is 2.96 bits per heavy atom. The molecule has 0 fully saturated rings. The summed E-state index contributed by atoms with van der Waals surface area (Å²) in [5.41, 5.74) is 2.96. The standard InChI is InChI=1S/C19H16ClN3O2S/c1-12-9-13-5-2-3-8-16(13)23(12)17(24)11-26-19-22-21-18(25-19)14-6-4-7-15(20)10-14/h2-8,10,12H,9,11H2,1H3. The van der Waals surface area contributed by atoms with E-state index in [-0.39, 0.29) is 17.7 Å². The summed E-state index contributed by atoms with van der Waals surface area (Å²) in [5.74, 6) is 0.674.